The number of hydrogen-bond donors (Lipinski definition) is 1. The summed E-state index contributed by atoms with van der Waals surface area (Å²) in [6, 6.07) is 17.9. The van der Waals surface area contributed by atoms with E-state index in [1.54, 1.807) is 0 Å². The Morgan fingerprint density at radius 2 is 1.75 bits per heavy atom. The first-order valence-electron chi connectivity index (χ1n) is 10.3. The first-order chi connectivity index (χ1) is 13.7. The van der Waals surface area contributed by atoms with Gasteiger partial charge in [0, 0.05) is 0 Å². The molecule has 2 aromatic rings. The highest BCUT2D eigenvalue weighted by molar-refractivity contribution is 6.01. The number of amides is 1. The number of hydrazone groups is 1. The molecule has 0 aliphatic rings. The van der Waals surface area contributed by atoms with Crippen molar-refractivity contribution >= 4 is 11.6 Å². The van der Waals surface area contributed by atoms with Crippen LogP contribution in [-0.2, 0) is 4.79 Å². The monoisotopic (exact) mass is 380 g/mol. The van der Waals surface area contributed by atoms with Crippen LogP contribution < -0.4 is 10.2 Å². The molecule has 0 aromatic heterocycles. The highest BCUT2D eigenvalue weighted by atomic mass is 16.5. The van der Waals surface area contributed by atoms with E-state index in [0.29, 0.717) is 5.92 Å². The molecule has 0 spiro atoms. The molecular formula is C24H32N2O2. The van der Waals surface area contributed by atoms with Crippen LogP contribution in [0.3, 0.4) is 0 Å². The molecular weight excluding hydrogens is 348 g/mol. The zero-order chi connectivity index (χ0) is 20.2. The average Bonchev–Trinajstić information content (AvgIpc) is 2.75. The third-order valence-corrected chi connectivity index (χ3v) is 4.86. The van der Waals surface area contributed by atoms with Gasteiger partial charge in [-0.15, -0.1) is 0 Å². The summed E-state index contributed by atoms with van der Waals surface area (Å²) in [6.07, 6.45) is 5.22. The summed E-state index contributed by atoms with van der Waals surface area (Å²) < 4.78 is 5.78. The number of nitrogens with one attached hydrogen (secondary N) is 1. The molecule has 0 bridgehead atoms. The Balaban J connectivity index is 1.98. The Morgan fingerprint density at radius 3 is 2.46 bits per heavy atom. The zero-order valence-electron chi connectivity index (χ0n) is 17.3. The van der Waals surface area contributed by atoms with E-state index in [-0.39, 0.29) is 12.5 Å². The maximum Gasteiger partial charge on any atom is 0.277 e. The van der Waals surface area contributed by atoms with E-state index >= 15 is 0 Å². The van der Waals surface area contributed by atoms with Crippen molar-refractivity contribution in [3.05, 3.63) is 65.7 Å². The van der Waals surface area contributed by atoms with Crippen LogP contribution in [0.1, 0.15) is 69.9 Å². The van der Waals surface area contributed by atoms with Gasteiger partial charge in [0.1, 0.15) is 5.75 Å². The largest absolute Gasteiger partial charge is 0.483 e. The van der Waals surface area contributed by atoms with Crippen LogP contribution in [0.2, 0.25) is 0 Å². The minimum absolute atomic E-state index is 0.0476. The second kappa shape index (κ2) is 12.0. The number of para-hydroxylation sites is 1. The molecule has 0 saturated carbocycles. The third kappa shape index (κ3) is 6.84. The zero-order valence-corrected chi connectivity index (χ0v) is 17.3. The molecule has 1 atom stereocenters. The van der Waals surface area contributed by atoms with Crippen LogP contribution in [0.15, 0.2) is 59.7 Å². The highest BCUT2D eigenvalue weighted by Gasteiger charge is 2.11. The summed E-state index contributed by atoms with van der Waals surface area (Å²) in [5, 5.41) is 4.39. The topological polar surface area (TPSA) is 50.7 Å². The first-order valence-corrected chi connectivity index (χ1v) is 10.3. The second-order valence-electron chi connectivity index (χ2n) is 7.05. The summed E-state index contributed by atoms with van der Waals surface area (Å²) in [4.78, 5) is 12.3. The molecule has 0 aliphatic heterocycles. The lowest BCUT2D eigenvalue weighted by atomic mass is 9.98. The van der Waals surface area contributed by atoms with Crippen molar-refractivity contribution in [1.82, 2.24) is 5.43 Å². The summed E-state index contributed by atoms with van der Waals surface area (Å²) in [5.41, 5.74) is 5.74. The van der Waals surface area contributed by atoms with Gasteiger partial charge in [-0.2, -0.15) is 5.10 Å². The lowest BCUT2D eigenvalue weighted by Gasteiger charge is -2.15. The van der Waals surface area contributed by atoms with Gasteiger partial charge in [-0.25, -0.2) is 5.43 Å². The molecule has 1 unspecified atom stereocenters. The van der Waals surface area contributed by atoms with E-state index in [1.807, 2.05) is 48.5 Å². The minimum atomic E-state index is -0.247. The Labute approximate surface area is 169 Å². The number of carbonyl (C=O) groups excluding carboxylic acids is 1. The number of nitrogens with zero attached hydrogens (tertiary/aromatic N) is 1. The van der Waals surface area contributed by atoms with Gasteiger partial charge >= 0.3 is 0 Å². The predicted octanol–water partition coefficient (Wildman–Crippen LogP) is 5.68. The normalized spacial score (nSPS) is 12.5. The van der Waals surface area contributed by atoms with Crippen molar-refractivity contribution in [2.24, 2.45) is 5.10 Å². The summed E-state index contributed by atoms with van der Waals surface area (Å²) in [7, 11) is 0. The van der Waals surface area contributed by atoms with Gasteiger partial charge in [0.2, 0.25) is 0 Å². The maximum atomic E-state index is 12.3. The highest BCUT2D eigenvalue weighted by Crippen LogP contribution is 2.28. The first kappa shape index (κ1) is 21.7. The van der Waals surface area contributed by atoms with Crippen molar-refractivity contribution in [3.8, 4) is 5.75 Å². The van der Waals surface area contributed by atoms with Gasteiger partial charge in [0.25, 0.3) is 5.91 Å². The van der Waals surface area contributed by atoms with Crippen LogP contribution in [0.5, 0.6) is 5.75 Å². The Hall–Kier alpha value is -2.62. The van der Waals surface area contributed by atoms with Gasteiger partial charge in [-0.05, 0) is 42.4 Å². The van der Waals surface area contributed by atoms with Crippen molar-refractivity contribution in [3.63, 3.8) is 0 Å². The van der Waals surface area contributed by atoms with E-state index in [1.165, 1.54) is 0 Å². The van der Waals surface area contributed by atoms with Gasteiger partial charge in [-0.3, -0.25) is 4.79 Å². The molecule has 0 aliphatic carbocycles. The van der Waals surface area contributed by atoms with E-state index in [4.69, 9.17) is 4.74 Å². The Morgan fingerprint density at radius 1 is 1.04 bits per heavy atom. The average molecular weight is 381 g/mol. The van der Waals surface area contributed by atoms with Gasteiger partial charge in [0.15, 0.2) is 6.61 Å². The van der Waals surface area contributed by atoms with Gasteiger partial charge in [0.05, 0.1) is 5.71 Å². The van der Waals surface area contributed by atoms with Crippen molar-refractivity contribution in [2.75, 3.05) is 6.61 Å². The fraction of sp³-hybridized carbons (Fsp3) is 0.417. The van der Waals surface area contributed by atoms with Crippen LogP contribution in [0, 0.1) is 0 Å². The van der Waals surface area contributed by atoms with E-state index in [0.717, 1.165) is 54.7 Å². The molecule has 1 amide bonds. The second-order valence-corrected chi connectivity index (χ2v) is 7.05. The molecule has 2 rings (SSSR count). The quantitative estimate of drug-likeness (QED) is 0.310. The van der Waals surface area contributed by atoms with E-state index in [9.17, 15) is 4.79 Å². The van der Waals surface area contributed by atoms with E-state index in [2.05, 4.69) is 37.4 Å². The number of benzene rings is 2. The minimum Gasteiger partial charge on any atom is -0.483 e. The van der Waals surface area contributed by atoms with Crippen molar-refractivity contribution in [2.45, 2.75) is 58.8 Å². The molecule has 0 radical (unpaired) electrons. The van der Waals surface area contributed by atoms with E-state index < -0.39 is 0 Å². The number of hydrogen-bond acceptors (Lipinski definition) is 3. The Kier molecular flexibility index (Phi) is 9.26. The number of unbranched alkanes of at least 4 members (excludes halogenated alkanes) is 2. The van der Waals surface area contributed by atoms with Crippen LogP contribution in [0.4, 0.5) is 0 Å². The molecule has 0 heterocycles. The molecule has 2 aromatic carbocycles. The lowest BCUT2D eigenvalue weighted by Crippen LogP contribution is -2.26. The number of rotatable bonds is 11. The number of ether oxygens (including phenoxy) is 1. The predicted molar refractivity (Wildman–Crippen MR) is 116 cm³/mol. The van der Waals surface area contributed by atoms with Crippen LogP contribution in [-0.4, -0.2) is 18.2 Å². The summed E-state index contributed by atoms with van der Waals surface area (Å²) in [5.74, 6) is 0.908. The summed E-state index contributed by atoms with van der Waals surface area (Å²) in [6.45, 7) is 6.44. The Bertz CT molecular complexity index is 756. The third-order valence-electron chi connectivity index (χ3n) is 4.86. The molecule has 28 heavy (non-hydrogen) atoms. The summed E-state index contributed by atoms with van der Waals surface area (Å²) >= 11 is 0. The fourth-order valence-corrected chi connectivity index (χ4v) is 2.98. The van der Waals surface area contributed by atoms with Crippen molar-refractivity contribution < 1.29 is 9.53 Å². The van der Waals surface area contributed by atoms with Crippen LogP contribution >= 0.6 is 0 Å². The standard InChI is InChI=1S/C24H32N2O2/c1-4-6-8-16-22(20-13-9-7-10-14-20)25-26-24(27)18-28-23-17-12-11-15-21(23)19(3)5-2/h7,9-15,17,19H,4-6,8,16,18H2,1-3H3,(H,26,27)/b25-22+. The smallest absolute Gasteiger partial charge is 0.277 e. The molecule has 0 fully saturated rings. The van der Waals surface area contributed by atoms with Gasteiger partial charge in [-0.1, -0.05) is 82.1 Å². The molecule has 4 nitrogen and oxygen atoms in total. The van der Waals surface area contributed by atoms with Crippen molar-refractivity contribution in [1.29, 1.82) is 0 Å². The maximum absolute atomic E-state index is 12.3. The van der Waals surface area contributed by atoms with Gasteiger partial charge < -0.3 is 4.74 Å². The lowest BCUT2D eigenvalue weighted by molar-refractivity contribution is -0.123. The molecule has 4 heteroatoms. The molecule has 0 saturated heterocycles. The molecule has 150 valence electrons. The fourth-order valence-electron chi connectivity index (χ4n) is 2.98. The van der Waals surface area contributed by atoms with Crippen LogP contribution in [0.25, 0.3) is 0 Å². The SMILES string of the molecule is CCCCC/C(=N\NC(=O)COc1ccccc1C(C)CC)c1ccccc1. The molecule has 1 N–H and O–H groups in total. The number of carbonyl (C=O) groups is 1.